The number of benzene rings is 2. The average Bonchev–Trinajstić information content (AvgIpc) is 2.96. The molecule has 0 spiro atoms. The second kappa shape index (κ2) is 12.8. The summed E-state index contributed by atoms with van der Waals surface area (Å²) in [6.07, 6.45) is 4.73. The molecule has 224 valence electrons. The molecule has 9 heteroatoms. The maximum absolute atomic E-state index is 15.3. The van der Waals surface area contributed by atoms with Crippen molar-refractivity contribution in [3.63, 3.8) is 0 Å². The molecule has 1 saturated heterocycles. The van der Waals surface area contributed by atoms with Gasteiger partial charge in [-0.15, -0.1) is 0 Å². The summed E-state index contributed by atoms with van der Waals surface area (Å²) in [7, 11) is 0. The Labute approximate surface area is 236 Å². The van der Waals surface area contributed by atoms with Crippen LogP contribution in [0.2, 0.25) is 0 Å². The molecule has 41 heavy (non-hydrogen) atoms. The van der Waals surface area contributed by atoms with E-state index in [-0.39, 0.29) is 36.8 Å². The molecule has 2 aromatic carbocycles. The van der Waals surface area contributed by atoms with Crippen molar-refractivity contribution in [2.75, 3.05) is 13.2 Å². The van der Waals surface area contributed by atoms with Crippen molar-refractivity contribution >= 4 is 0 Å². The first-order chi connectivity index (χ1) is 19.6. The lowest BCUT2D eigenvalue weighted by Gasteiger charge is -2.37. The Morgan fingerprint density at radius 3 is 1.98 bits per heavy atom. The minimum Gasteiger partial charge on any atom is -0.432 e. The number of hydrogen-bond donors (Lipinski definition) is 0. The highest BCUT2D eigenvalue weighted by atomic mass is 19.3. The second-order valence-corrected chi connectivity index (χ2v) is 11.6. The van der Waals surface area contributed by atoms with Crippen LogP contribution in [0.25, 0.3) is 0 Å². The van der Waals surface area contributed by atoms with E-state index in [1.165, 1.54) is 0 Å². The zero-order chi connectivity index (χ0) is 29.1. The molecular weight excluding hydrogens is 546 g/mol. The van der Waals surface area contributed by atoms with Gasteiger partial charge in [-0.05, 0) is 87.3 Å². The summed E-state index contributed by atoms with van der Waals surface area (Å²) in [5, 5.41) is 0. The van der Waals surface area contributed by atoms with Crippen LogP contribution < -0.4 is 4.74 Å². The van der Waals surface area contributed by atoms with Crippen LogP contribution in [0.1, 0.15) is 81.3 Å². The molecule has 2 aromatic rings. The second-order valence-electron chi connectivity index (χ2n) is 11.6. The van der Waals surface area contributed by atoms with Crippen LogP contribution in [0.4, 0.5) is 26.3 Å². The molecule has 0 radical (unpaired) electrons. The van der Waals surface area contributed by atoms with E-state index in [1.807, 2.05) is 19.1 Å². The first kappa shape index (κ1) is 30.0. The fourth-order valence-corrected chi connectivity index (χ4v) is 6.61. The quantitative estimate of drug-likeness (QED) is 0.185. The normalized spacial score (nSPS) is 29.5. The van der Waals surface area contributed by atoms with Gasteiger partial charge in [0, 0.05) is 24.0 Å². The fourth-order valence-electron chi connectivity index (χ4n) is 6.61. The topological polar surface area (TPSA) is 27.7 Å². The highest BCUT2D eigenvalue weighted by molar-refractivity contribution is 5.30. The summed E-state index contributed by atoms with van der Waals surface area (Å²) in [5.41, 5.74) is 1.48. The molecule has 3 nitrogen and oxygen atoms in total. The van der Waals surface area contributed by atoms with Gasteiger partial charge in [0.15, 0.2) is 23.7 Å². The largest absolute Gasteiger partial charge is 0.432 e. The van der Waals surface area contributed by atoms with Gasteiger partial charge in [-0.25, -0.2) is 17.6 Å². The Balaban J connectivity index is 1.12. The van der Waals surface area contributed by atoms with Crippen LogP contribution in [-0.2, 0) is 9.47 Å². The summed E-state index contributed by atoms with van der Waals surface area (Å²) >= 11 is 0. The fraction of sp³-hybridized carbons (Fsp3) is 0.562. The summed E-state index contributed by atoms with van der Waals surface area (Å²) < 4.78 is 101. The summed E-state index contributed by atoms with van der Waals surface area (Å²) in [6.45, 7) is 3.32. The number of halogens is 6. The lowest BCUT2D eigenvalue weighted by Crippen LogP contribution is -2.37. The van der Waals surface area contributed by atoms with Gasteiger partial charge in [0.25, 0.3) is 0 Å². The van der Waals surface area contributed by atoms with E-state index in [1.54, 1.807) is 12.1 Å². The van der Waals surface area contributed by atoms with Gasteiger partial charge in [-0.1, -0.05) is 24.3 Å². The highest BCUT2D eigenvalue weighted by Crippen LogP contribution is 2.45. The molecular formula is C32H36F6O3. The molecule has 3 aliphatic rings. The average molecular weight is 583 g/mol. The molecule has 0 aromatic heterocycles. The Kier molecular flexibility index (Phi) is 9.33. The molecule has 0 bridgehead atoms. The van der Waals surface area contributed by atoms with Gasteiger partial charge in [-0.2, -0.15) is 8.78 Å². The summed E-state index contributed by atoms with van der Waals surface area (Å²) in [4.78, 5) is 0. The number of alkyl halides is 2. The first-order valence-electron chi connectivity index (χ1n) is 14.5. The zero-order valence-corrected chi connectivity index (χ0v) is 23.1. The molecule has 0 N–H and O–H groups in total. The molecule has 0 atom stereocenters. The van der Waals surface area contributed by atoms with E-state index >= 15 is 4.39 Å². The Morgan fingerprint density at radius 1 is 0.780 bits per heavy atom. The van der Waals surface area contributed by atoms with E-state index in [0.717, 1.165) is 31.2 Å². The van der Waals surface area contributed by atoms with Crippen molar-refractivity contribution in [1.29, 1.82) is 0 Å². The number of rotatable bonds is 7. The molecule has 1 aliphatic heterocycles. The van der Waals surface area contributed by atoms with E-state index in [4.69, 9.17) is 9.47 Å². The van der Waals surface area contributed by atoms with Gasteiger partial charge in [-0.3, -0.25) is 0 Å². The molecule has 2 saturated carbocycles. The maximum Gasteiger partial charge on any atom is 0.400 e. The third kappa shape index (κ3) is 6.94. The Bertz CT molecular complexity index is 1190. The van der Waals surface area contributed by atoms with Crippen LogP contribution in [0.15, 0.2) is 42.5 Å². The van der Waals surface area contributed by atoms with E-state index in [9.17, 15) is 22.0 Å². The lowest BCUT2D eigenvalue weighted by atomic mass is 9.76. The number of ether oxygens (including phenoxy) is 3. The predicted octanol–water partition coefficient (Wildman–Crippen LogP) is 9.03. The van der Waals surface area contributed by atoms with Gasteiger partial charge >= 0.3 is 6.11 Å². The van der Waals surface area contributed by atoms with Crippen molar-refractivity contribution in [3.8, 4) is 5.75 Å². The van der Waals surface area contributed by atoms with Crippen molar-refractivity contribution in [1.82, 2.24) is 0 Å². The Morgan fingerprint density at radius 2 is 1.39 bits per heavy atom. The predicted molar refractivity (Wildman–Crippen MR) is 142 cm³/mol. The molecule has 0 amide bonds. The minimum absolute atomic E-state index is 0.0514. The van der Waals surface area contributed by atoms with Crippen molar-refractivity contribution < 1.29 is 40.6 Å². The smallest absolute Gasteiger partial charge is 0.400 e. The number of allylic oxidation sites excluding steroid dienone is 1. The minimum atomic E-state index is -3.70. The number of hydrogen-bond acceptors (Lipinski definition) is 3. The van der Waals surface area contributed by atoms with Crippen molar-refractivity contribution in [2.45, 2.75) is 82.5 Å². The van der Waals surface area contributed by atoms with Crippen LogP contribution in [0.5, 0.6) is 5.75 Å². The van der Waals surface area contributed by atoms with Gasteiger partial charge in [0.2, 0.25) is 0 Å². The standard InChI is InChI=1S/C32H36F6O3/c1-2-3-19-17-39-31(40-18-19)22-6-4-20(5-7-22)23-10-13-26(27(33)14-23)21-8-11-24(12-9-21)32(37,38)41-25-15-28(34)30(36)29(35)16-25/h2-3,10,13-16,19-22,24,31H,4-9,11-12,17-18H2,1H3/b3-2+. The molecule has 3 fully saturated rings. The van der Waals surface area contributed by atoms with E-state index in [0.29, 0.717) is 55.6 Å². The van der Waals surface area contributed by atoms with Crippen LogP contribution >= 0.6 is 0 Å². The van der Waals surface area contributed by atoms with Crippen LogP contribution in [-0.4, -0.2) is 25.6 Å². The van der Waals surface area contributed by atoms with Crippen molar-refractivity contribution in [3.05, 3.63) is 76.9 Å². The molecule has 1 heterocycles. The SMILES string of the molecule is C/C=C/C1COC(C2CCC(c3ccc(C4CCC(C(F)(F)Oc5cc(F)c(F)c(F)c5)CC4)c(F)c3)CC2)OC1. The maximum atomic E-state index is 15.3. The van der Waals surface area contributed by atoms with Crippen LogP contribution in [0.3, 0.4) is 0 Å². The molecule has 5 rings (SSSR count). The molecule has 2 aliphatic carbocycles. The van der Waals surface area contributed by atoms with Gasteiger partial charge < -0.3 is 14.2 Å². The molecule has 0 unspecified atom stereocenters. The lowest BCUT2D eigenvalue weighted by molar-refractivity contribution is -0.222. The van der Waals surface area contributed by atoms with E-state index in [2.05, 4.69) is 10.8 Å². The highest BCUT2D eigenvalue weighted by Gasteiger charge is 2.44. The third-order valence-electron chi connectivity index (χ3n) is 8.92. The monoisotopic (exact) mass is 582 g/mol. The summed E-state index contributed by atoms with van der Waals surface area (Å²) in [5.74, 6) is -6.57. The van der Waals surface area contributed by atoms with Crippen molar-refractivity contribution in [2.24, 2.45) is 17.8 Å². The Hall–Kier alpha value is -2.52. The van der Waals surface area contributed by atoms with Crippen LogP contribution in [0, 0.1) is 41.0 Å². The van der Waals surface area contributed by atoms with Gasteiger partial charge in [0.1, 0.15) is 11.6 Å². The van der Waals surface area contributed by atoms with Gasteiger partial charge in [0.05, 0.1) is 19.1 Å². The third-order valence-corrected chi connectivity index (χ3v) is 8.92. The zero-order valence-electron chi connectivity index (χ0n) is 23.1. The van der Waals surface area contributed by atoms with E-state index < -0.39 is 35.2 Å². The summed E-state index contributed by atoms with van der Waals surface area (Å²) in [6, 6.07) is 6.14. The first-order valence-corrected chi connectivity index (χ1v) is 14.5.